The van der Waals surface area contributed by atoms with Crippen LogP contribution in [-0.2, 0) is 9.59 Å². The highest BCUT2D eigenvalue weighted by molar-refractivity contribution is 5.92. The molecule has 7 heteroatoms. The molecule has 1 amide bonds. The van der Waals surface area contributed by atoms with Crippen molar-refractivity contribution >= 4 is 30.4 Å². The summed E-state index contributed by atoms with van der Waals surface area (Å²) in [6, 6.07) is 4.39. The lowest BCUT2D eigenvalue weighted by molar-refractivity contribution is -0.141. The first-order valence-electron chi connectivity index (χ1n) is 6.54. The summed E-state index contributed by atoms with van der Waals surface area (Å²) in [5, 5.41) is 8.89. The number of ether oxygens (including phenoxy) is 1. The van der Waals surface area contributed by atoms with Gasteiger partial charge in [0.25, 0.3) is 0 Å². The minimum Gasteiger partial charge on any atom is -0.494 e. The lowest BCUT2D eigenvalue weighted by Gasteiger charge is -2.12. The zero-order chi connectivity index (χ0) is 15.4. The Balaban J connectivity index is 0.00000242. The number of nitrogens with zero attached hydrogens (tertiary/aromatic N) is 1. The Bertz CT molecular complexity index is 591. The van der Waals surface area contributed by atoms with E-state index in [1.165, 1.54) is 36.3 Å². The summed E-state index contributed by atoms with van der Waals surface area (Å²) in [5.41, 5.74) is 0.538. The number of hydrogen-bond acceptors (Lipinski definition) is 3. The fourth-order valence-electron chi connectivity index (χ4n) is 2.22. The molecule has 0 radical (unpaired) electrons. The van der Waals surface area contributed by atoms with Crippen LogP contribution in [0, 0.1) is 11.7 Å². The molecule has 0 saturated carbocycles. The van der Waals surface area contributed by atoms with Gasteiger partial charge in [0.15, 0.2) is 11.6 Å². The van der Waals surface area contributed by atoms with Crippen molar-refractivity contribution in [3.05, 3.63) is 35.7 Å². The second kappa shape index (κ2) is 7.79. The Morgan fingerprint density at radius 1 is 1.45 bits per heavy atom. The lowest BCUT2D eigenvalue weighted by atomic mass is 10.1. The van der Waals surface area contributed by atoms with E-state index in [9.17, 15) is 14.0 Å². The highest BCUT2D eigenvalue weighted by atomic mass is 35.5. The molecule has 5 nitrogen and oxygen atoms in total. The van der Waals surface area contributed by atoms with Gasteiger partial charge in [0.1, 0.15) is 0 Å². The van der Waals surface area contributed by atoms with Crippen LogP contribution in [-0.4, -0.2) is 42.1 Å². The molecule has 1 aromatic carbocycles. The number of carboxylic acids is 1. The van der Waals surface area contributed by atoms with Gasteiger partial charge in [-0.3, -0.25) is 9.59 Å². The fourth-order valence-corrected chi connectivity index (χ4v) is 2.22. The summed E-state index contributed by atoms with van der Waals surface area (Å²) in [4.78, 5) is 24.2. The Morgan fingerprint density at radius 3 is 2.73 bits per heavy atom. The van der Waals surface area contributed by atoms with Crippen LogP contribution in [0.1, 0.15) is 12.0 Å². The standard InChI is InChI=1S/C15H16FNO4.ClH/c1-21-13-4-2-10(8-12(13)16)3-5-14(18)17-7-6-11(9-17)15(19)20;/h2-5,8,11H,6-7,9H2,1H3,(H,19,20);1H/b5-3+;. The number of rotatable bonds is 4. The largest absolute Gasteiger partial charge is 0.494 e. The number of likely N-dealkylation sites (tertiary alicyclic amines) is 1. The molecule has 2 rings (SSSR count). The number of aliphatic carboxylic acids is 1. The van der Waals surface area contributed by atoms with E-state index >= 15 is 0 Å². The van der Waals surface area contributed by atoms with Gasteiger partial charge in [-0.1, -0.05) is 6.07 Å². The molecule has 1 saturated heterocycles. The van der Waals surface area contributed by atoms with Gasteiger partial charge in [-0.05, 0) is 30.2 Å². The quantitative estimate of drug-likeness (QED) is 0.860. The van der Waals surface area contributed by atoms with E-state index < -0.39 is 17.7 Å². The number of benzene rings is 1. The van der Waals surface area contributed by atoms with E-state index in [1.807, 2.05) is 0 Å². The van der Waals surface area contributed by atoms with Crippen LogP contribution in [0.3, 0.4) is 0 Å². The van der Waals surface area contributed by atoms with Crippen molar-refractivity contribution < 1.29 is 23.8 Å². The van der Waals surface area contributed by atoms with Gasteiger partial charge in [0.05, 0.1) is 13.0 Å². The van der Waals surface area contributed by atoms with Crippen LogP contribution in [0.4, 0.5) is 4.39 Å². The van der Waals surface area contributed by atoms with Crippen molar-refractivity contribution in [3.63, 3.8) is 0 Å². The SMILES string of the molecule is COc1ccc(/C=C/C(=O)N2CCC(C(=O)O)C2)cc1F.Cl. The molecule has 0 spiro atoms. The molecule has 1 aliphatic rings. The third-order valence-corrected chi connectivity index (χ3v) is 3.44. The minimum absolute atomic E-state index is 0. The highest BCUT2D eigenvalue weighted by Crippen LogP contribution is 2.19. The molecule has 0 aromatic heterocycles. The molecule has 1 aromatic rings. The number of carbonyl (C=O) groups is 2. The van der Waals surface area contributed by atoms with E-state index in [2.05, 4.69) is 0 Å². The van der Waals surface area contributed by atoms with Crippen molar-refractivity contribution in [2.24, 2.45) is 5.92 Å². The zero-order valence-electron chi connectivity index (χ0n) is 12.0. The summed E-state index contributed by atoms with van der Waals surface area (Å²) in [6.07, 6.45) is 3.29. The number of amides is 1. The van der Waals surface area contributed by atoms with Crippen molar-refractivity contribution in [1.82, 2.24) is 4.90 Å². The van der Waals surface area contributed by atoms with E-state index in [4.69, 9.17) is 9.84 Å². The summed E-state index contributed by atoms with van der Waals surface area (Å²) < 4.78 is 18.3. The molecule has 22 heavy (non-hydrogen) atoms. The Morgan fingerprint density at radius 2 is 2.18 bits per heavy atom. The van der Waals surface area contributed by atoms with Crippen molar-refractivity contribution in [2.75, 3.05) is 20.2 Å². The van der Waals surface area contributed by atoms with Gasteiger partial charge < -0.3 is 14.7 Å². The first-order chi connectivity index (χ1) is 10.0. The van der Waals surface area contributed by atoms with Crippen molar-refractivity contribution in [1.29, 1.82) is 0 Å². The van der Waals surface area contributed by atoms with Crippen LogP contribution in [0.15, 0.2) is 24.3 Å². The number of methoxy groups -OCH3 is 1. The molecule has 0 bridgehead atoms. The highest BCUT2D eigenvalue weighted by Gasteiger charge is 2.29. The molecule has 1 heterocycles. The second-order valence-corrected chi connectivity index (χ2v) is 4.84. The first kappa shape index (κ1) is 18.0. The van der Waals surface area contributed by atoms with Crippen molar-refractivity contribution in [2.45, 2.75) is 6.42 Å². The van der Waals surface area contributed by atoms with E-state index in [1.54, 1.807) is 6.07 Å². The van der Waals surface area contributed by atoms with Crippen LogP contribution < -0.4 is 4.74 Å². The van der Waals surface area contributed by atoms with E-state index in [-0.39, 0.29) is 30.6 Å². The van der Waals surface area contributed by atoms with Crippen LogP contribution in [0.2, 0.25) is 0 Å². The lowest BCUT2D eigenvalue weighted by Crippen LogP contribution is -2.28. The average molecular weight is 330 g/mol. The first-order valence-corrected chi connectivity index (χ1v) is 6.54. The smallest absolute Gasteiger partial charge is 0.308 e. The molecule has 1 fully saturated rings. The summed E-state index contributed by atoms with van der Waals surface area (Å²) in [7, 11) is 1.38. The van der Waals surface area contributed by atoms with E-state index in [0.29, 0.717) is 18.5 Å². The Hall–Kier alpha value is -2.08. The molecule has 1 atom stereocenters. The Labute approximate surface area is 133 Å². The van der Waals surface area contributed by atoms with Crippen molar-refractivity contribution in [3.8, 4) is 5.75 Å². The third kappa shape index (κ3) is 4.21. The fraction of sp³-hybridized carbons (Fsp3) is 0.333. The summed E-state index contributed by atoms with van der Waals surface area (Å²) in [6.45, 7) is 0.645. The maximum atomic E-state index is 13.5. The molecule has 0 aliphatic carbocycles. The predicted octanol–water partition coefficient (Wildman–Crippen LogP) is 2.20. The van der Waals surface area contributed by atoms with Gasteiger partial charge in [-0.2, -0.15) is 0 Å². The molecule has 1 aliphatic heterocycles. The normalized spacial score (nSPS) is 17.4. The summed E-state index contributed by atoms with van der Waals surface area (Å²) >= 11 is 0. The van der Waals surface area contributed by atoms with Gasteiger partial charge >= 0.3 is 5.97 Å². The zero-order valence-corrected chi connectivity index (χ0v) is 12.8. The molecule has 120 valence electrons. The monoisotopic (exact) mass is 329 g/mol. The Kier molecular flexibility index (Phi) is 6.37. The number of halogens is 2. The van der Waals surface area contributed by atoms with Gasteiger partial charge in [-0.15, -0.1) is 12.4 Å². The average Bonchev–Trinajstić information content (AvgIpc) is 2.95. The number of carbonyl (C=O) groups excluding carboxylic acids is 1. The maximum Gasteiger partial charge on any atom is 0.308 e. The van der Waals surface area contributed by atoms with Crippen LogP contribution in [0.25, 0.3) is 6.08 Å². The number of hydrogen-bond donors (Lipinski definition) is 1. The van der Waals surface area contributed by atoms with Crippen LogP contribution in [0.5, 0.6) is 5.75 Å². The minimum atomic E-state index is -0.883. The van der Waals surface area contributed by atoms with Gasteiger partial charge in [0, 0.05) is 19.2 Å². The molecular formula is C15H17ClFNO4. The third-order valence-electron chi connectivity index (χ3n) is 3.44. The molecule has 1 unspecified atom stereocenters. The summed E-state index contributed by atoms with van der Waals surface area (Å²) in [5.74, 6) is -2.01. The van der Waals surface area contributed by atoms with Gasteiger partial charge in [-0.25, -0.2) is 4.39 Å². The van der Waals surface area contributed by atoms with Crippen LogP contribution >= 0.6 is 12.4 Å². The van der Waals surface area contributed by atoms with E-state index in [0.717, 1.165) is 0 Å². The second-order valence-electron chi connectivity index (χ2n) is 4.84. The molecule has 1 N–H and O–H groups in total. The topological polar surface area (TPSA) is 66.8 Å². The maximum absolute atomic E-state index is 13.5. The molecular weight excluding hydrogens is 313 g/mol. The van der Waals surface area contributed by atoms with Gasteiger partial charge in [0.2, 0.25) is 5.91 Å². The predicted molar refractivity (Wildman–Crippen MR) is 81.6 cm³/mol. The number of carboxylic acid groups (broad SMARTS) is 1.